The first-order chi connectivity index (χ1) is 13.4. The number of hydrogen-bond donors (Lipinski definition) is 0. The summed E-state index contributed by atoms with van der Waals surface area (Å²) >= 11 is 7.47. The number of anilines is 1. The summed E-state index contributed by atoms with van der Waals surface area (Å²) in [5, 5.41) is 14.4. The Hall–Kier alpha value is -1.37. The second-order valence-electron chi connectivity index (χ2n) is 6.96. The SMILES string of the molecule is CC(C)c1ccc(-c2csc(N(CCC(=O)[O-])Cc3ccc(Cl)cc3)n2)cc1.[Na+]. The van der Waals surface area contributed by atoms with Crippen LogP contribution in [0.3, 0.4) is 0 Å². The predicted octanol–water partition coefficient (Wildman–Crippen LogP) is 1.74. The van der Waals surface area contributed by atoms with E-state index in [9.17, 15) is 9.90 Å². The van der Waals surface area contributed by atoms with E-state index in [1.54, 1.807) is 0 Å². The first-order valence-electron chi connectivity index (χ1n) is 9.17. The number of thiazole rings is 1. The molecule has 1 aromatic heterocycles. The Morgan fingerprint density at radius 2 is 1.79 bits per heavy atom. The van der Waals surface area contributed by atoms with Gasteiger partial charge < -0.3 is 14.8 Å². The maximum absolute atomic E-state index is 11.0. The third-order valence-electron chi connectivity index (χ3n) is 4.51. The minimum atomic E-state index is -1.07. The van der Waals surface area contributed by atoms with Gasteiger partial charge in [-0.2, -0.15) is 0 Å². The Labute approximate surface area is 202 Å². The molecule has 0 saturated heterocycles. The van der Waals surface area contributed by atoms with Crippen LogP contribution in [0.2, 0.25) is 5.02 Å². The van der Waals surface area contributed by atoms with Crippen molar-refractivity contribution in [3.63, 3.8) is 0 Å². The number of carboxylic acids is 1. The van der Waals surface area contributed by atoms with Gasteiger partial charge in [-0.3, -0.25) is 0 Å². The van der Waals surface area contributed by atoms with Crippen LogP contribution in [0, 0.1) is 0 Å². The van der Waals surface area contributed by atoms with Gasteiger partial charge in [0.25, 0.3) is 0 Å². The molecule has 2 aromatic carbocycles. The van der Waals surface area contributed by atoms with Crippen LogP contribution in [-0.2, 0) is 11.3 Å². The molecule has 29 heavy (non-hydrogen) atoms. The molecule has 0 saturated carbocycles. The molecule has 4 nitrogen and oxygen atoms in total. The van der Waals surface area contributed by atoms with Crippen LogP contribution in [0.5, 0.6) is 0 Å². The molecule has 3 aromatic rings. The van der Waals surface area contributed by atoms with E-state index in [4.69, 9.17) is 16.6 Å². The van der Waals surface area contributed by atoms with Crippen molar-refractivity contribution in [2.75, 3.05) is 11.4 Å². The van der Waals surface area contributed by atoms with Crippen LogP contribution < -0.4 is 39.6 Å². The van der Waals surface area contributed by atoms with Crippen LogP contribution in [-0.4, -0.2) is 17.5 Å². The fraction of sp³-hybridized carbons (Fsp3) is 0.273. The smallest absolute Gasteiger partial charge is 0.550 e. The molecule has 0 radical (unpaired) electrons. The number of aromatic nitrogens is 1. The molecule has 0 fully saturated rings. The van der Waals surface area contributed by atoms with Crippen molar-refractivity contribution in [1.82, 2.24) is 4.98 Å². The molecule has 0 amide bonds. The molecular formula is C22H22ClN2NaO2S. The van der Waals surface area contributed by atoms with Gasteiger partial charge in [0.2, 0.25) is 0 Å². The van der Waals surface area contributed by atoms with E-state index in [1.165, 1.54) is 16.9 Å². The van der Waals surface area contributed by atoms with Gasteiger partial charge in [0.15, 0.2) is 5.13 Å². The minimum absolute atomic E-state index is 0. The van der Waals surface area contributed by atoms with Crippen LogP contribution in [0.1, 0.15) is 37.3 Å². The van der Waals surface area contributed by atoms with Gasteiger partial charge in [-0.15, -0.1) is 11.3 Å². The topological polar surface area (TPSA) is 56.3 Å². The van der Waals surface area contributed by atoms with Crippen LogP contribution >= 0.6 is 22.9 Å². The van der Waals surface area contributed by atoms with Crippen LogP contribution in [0.15, 0.2) is 53.9 Å². The normalized spacial score (nSPS) is 10.6. The van der Waals surface area contributed by atoms with Crippen molar-refractivity contribution in [1.29, 1.82) is 0 Å². The first kappa shape index (κ1) is 23.9. The number of carboxylic acid groups (broad SMARTS) is 1. The quantitative estimate of drug-likeness (QED) is 0.505. The third kappa shape index (κ3) is 6.83. The molecule has 7 heteroatoms. The minimum Gasteiger partial charge on any atom is -0.550 e. The zero-order valence-electron chi connectivity index (χ0n) is 16.9. The number of halogens is 1. The van der Waals surface area contributed by atoms with E-state index in [0.29, 0.717) is 24.0 Å². The summed E-state index contributed by atoms with van der Waals surface area (Å²) in [6.45, 7) is 5.23. The second-order valence-corrected chi connectivity index (χ2v) is 8.24. The van der Waals surface area contributed by atoms with Gasteiger partial charge in [0.05, 0.1) is 5.69 Å². The average molecular weight is 437 g/mol. The second kappa shape index (κ2) is 11.1. The molecule has 0 aliphatic rings. The van der Waals surface area contributed by atoms with Crippen molar-refractivity contribution in [3.05, 3.63) is 70.1 Å². The Morgan fingerprint density at radius 3 is 2.38 bits per heavy atom. The van der Waals surface area contributed by atoms with Crippen molar-refractivity contribution >= 4 is 34.0 Å². The van der Waals surface area contributed by atoms with Crippen LogP contribution in [0.4, 0.5) is 5.13 Å². The van der Waals surface area contributed by atoms with Crippen LogP contribution in [0.25, 0.3) is 11.3 Å². The number of carbonyl (C=O) groups is 1. The number of benzene rings is 2. The molecular weight excluding hydrogens is 415 g/mol. The Kier molecular flexibility index (Phi) is 9.18. The van der Waals surface area contributed by atoms with Crippen molar-refractivity contribution in [2.45, 2.75) is 32.7 Å². The molecule has 0 bridgehead atoms. The van der Waals surface area contributed by atoms with E-state index in [0.717, 1.165) is 22.0 Å². The summed E-state index contributed by atoms with van der Waals surface area (Å²) < 4.78 is 0. The maximum Gasteiger partial charge on any atom is 1.00 e. The molecule has 0 aliphatic carbocycles. The average Bonchev–Trinajstić information content (AvgIpc) is 3.16. The Morgan fingerprint density at radius 1 is 1.14 bits per heavy atom. The fourth-order valence-electron chi connectivity index (χ4n) is 2.86. The first-order valence-corrected chi connectivity index (χ1v) is 10.4. The Balaban J connectivity index is 0.00000300. The molecule has 1 heterocycles. The van der Waals surface area contributed by atoms with E-state index < -0.39 is 5.97 Å². The molecule has 0 unspecified atom stereocenters. The summed E-state index contributed by atoms with van der Waals surface area (Å²) in [5.74, 6) is -0.582. The summed E-state index contributed by atoms with van der Waals surface area (Å²) in [7, 11) is 0. The van der Waals surface area contributed by atoms with Gasteiger partial charge in [-0.25, -0.2) is 4.98 Å². The summed E-state index contributed by atoms with van der Waals surface area (Å²) in [5.41, 5.74) is 4.28. The molecule has 146 valence electrons. The van der Waals surface area contributed by atoms with Gasteiger partial charge in [0.1, 0.15) is 0 Å². The summed E-state index contributed by atoms with van der Waals surface area (Å²) in [4.78, 5) is 17.7. The van der Waals surface area contributed by atoms with Gasteiger partial charge in [-0.05, 0) is 29.2 Å². The number of rotatable bonds is 8. The fourth-order valence-corrected chi connectivity index (χ4v) is 3.85. The maximum atomic E-state index is 11.0. The Bertz CT molecular complexity index is 927. The molecule has 0 spiro atoms. The van der Waals surface area contributed by atoms with Crippen molar-refractivity contribution in [2.24, 2.45) is 0 Å². The van der Waals surface area contributed by atoms with E-state index in [-0.39, 0.29) is 36.0 Å². The number of carbonyl (C=O) groups excluding carboxylic acids is 1. The molecule has 0 aliphatic heterocycles. The van der Waals surface area contributed by atoms with Crippen molar-refractivity contribution < 1.29 is 39.5 Å². The molecule has 0 N–H and O–H groups in total. The standard InChI is InChI=1S/C22H23ClN2O2S.Na/c1-15(2)17-5-7-18(8-6-17)20-14-28-22(24-20)25(12-11-21(26)27)13-16-3-9-19(23)10-4-16;/h3-10,14-15H,11-13H2,1-2H3,(H,26,27);/q;+1/p-1. The monoisotopic (exact) mass is 436 g/mol. The summed E-state index contributed by atoms with van der Waals surface area (Å²) in [6.07, 6.45) is -0.0500. The summed E-state index contributed by atoms with van der Waals surface area (Å²) in [6, 6.07) is 16.0. The van der Waals surface area contributed by atoms with Gasteiger partial charge >= 0.3 is 29.6 Å². The molecule has 0 atom stereocenters. The predicted molar refractivity (Wildman–Crippen MR) is 114 cm³/mol. The zero-order valence-corrected chi connectivity index (χ0v) is 20.5. The van der Waals surface area contributed by atoms with E-state index >= 15 is 0 Å². The largest absolute Gasteiger partial charge is 1.00 e. The van der Waals surface area contributed by atoms with Gasteiger partial charge in [-0.1, -0.05) is 61.8 Å². The number of nitrogens with zero attached hydrogens (tertiary/aromatic N) is 2. The third-order valence-corrected chi connectivity index (χ3v) is 5.66. The number of aliphatic carboxylic acids is 1. The van der Waals surface area contributed by atoms with Crippen molar-refractivity contribution in [3.8, 4) is 11.3 Å². The molecule has 3 rings (SSSR count). The zero-order chi connectivity index (χ0) is 20.1. The van der Waals surface area contributed by atoms with E-state index in [2.05, 4.69) is 38.1 Å². The van der Waals surface area contributed by atoms with Gasteiger partial charge in [0, 0.05) is 41.4 Å². The van der Waals surface area contributed by atoms with E-state index in [1.807, 2.05) is 34.5 Å². The number of hydrogen-bond acceptors (Lipinski definition) is 5.